The molecule has 2 aromatic rings. The van der Waals surface area contributed by atoms with Crippen LogP contribution in [0.15, 0.2) is 48.7 Å². The number of hydrogen-bond donors (Lipinski definition) is 0. The van der Waals surface area contributed by atoms with Crippen LogP contribution in [0.4, 0.5) is 0 Å². The molecule has 1 heterocycles. The summed E-state index contributed by atoms with van der Waals surface area (Å²) >= 11 is 0. The van der Waals surface area contributed by atoms with E-state index in [-0.39, 0.29) is 5.78 Å². The highest BCUT2D eigenvalue weighted by Gasteiger charge is 2.22. The minimum Gasteiger partial charge on any atom is -0.292 e. The van der Waals surface area contributed by atoms with Crippen LogP contribution < -0.4 is 0 Å². The van der Waals surface area contributed by atoms with Crippen LogP contribution in [0.5, 0.6) is 0 Å². The van der Waals surface area contributed by atoms with Gasteiger partial charge in [0.1, 0.15) is 0 Å². The predicted molar refractivity (Wildman–Crippen MR) is 72.7 cm³/mol. The smallest absolute Gasteiger partial charge is 0.186 e. The first-order chi connectivity index (χ1) is 9.26. The molecule has 1 unspecified atom stereocenters. The van der Waals surface area contributed by atoms with Gasteiger partial charge >= 0.3 is 0 Å². The largest absolute Gasteiger partial charge is 0.292 e. The number of aromatic nitrogens is 1. The van der Waals surface area contributed by atoms with Crippen molar-refractivity contribution in [2.75, 3.05) is 0 Å². The lowest BCUT2D eigenvalue weighted by Crippen LogP contribution is -2.12. The molecule has 0 radical (unpaired) electrons. The molecule has 0 aliphatic heterocycles. The Kier molecular flexibility index (Phi) is 4.04. The van der Waals surface area contributed by atoms with Crippen LogP contribution in [-0.2, 0) is 6.42 Å². The van der Waals surface area contributed by atoms with E-state index in [0.717, 1.165) is 6.42 Å². The van der Waals surface area contributed by atoms with Crippen molar-refractivity contribution in [3.05, 3.63) is 65.5 Å². The van der Waals surface area contributed by atoms with Crippen molar-refractivity contribution in [2.24, 2.45) is 0 Å². The second-order valence-electron chi connectivity index (χ2n) is 4.23. The van der Waals surface area contributed by atoms with Crippen LogP contribution >= 0.6 is 0 Å². The average molecular weight is 250 g/mol. The molecular weight excluding hydrogens is 236 g/mol. The maximum Gasteiger partial charge on any atom is 0.186 e. The van der Waals surface area contributed by atoms with Gasteiger partial charge in [-0.3, -0.25) is 9.78 Å². The first-order valence-corrected chi connectivity index (χ1v) is 6.20. The van der Waals surface area contributed by atoms with Crippen LogP contribution in [0.2, 0.25) is 0 Å². The molecule has 19 heavy (non-hydrogen) atoms. The van der Waals surface area contributed by atoms with Crippen LogP contribution in [0.3, 0.4) is 0 Å². The van der Waals surface area contributed by atoms with E-state index in [2.05, 4.69) is 11.9 Å². The Morgan fingerprint density at radius 2 is 2.00 bits per heavy atom. The molecule has 0 saturated heterocycles. The Balaban J connectivity index is 2.29. The van der Waals surface area contributed by atoms with E-state index < -0.39 is 5.92 Å². The molecule has 3 nitrogen and oxygen atoms in total. The van der Waals surface area contributed by atoms with Crippen LogP contribution in [0, 0.1) is 11.3 Å². The molecule has 3 heteroatoms. The quantitative estimate of drug-likeness (QED) is 0.783. The minimum absolute atomic E-state index is 0.205. The number of carbonyl (C=O) groups is 1. The predicted octanol–water partition coefficient (Wildman–Crippen LogP) is 3.13. The Hall–Kier alpha value is -2.47. The average Bonchev–Trinajstić information content (AvgIpc) is 2.49. The minimum atomic E-state index is -0.839. The second kappa shape index (κ2) is 5.92. The molecular formula is C16H14N2O. The first-order valence-electron chi connectivity index (χ1n) is 6.20. The summed E-state index contributed by atoms with van der Waals surface area (Å²) in [6, 6.07) is 14.7. The first kappa shape index (κ1) is 13.0. The highest BCUT2D eigenvalue weighted by atomic mass is 16.1. The third-order valence-electron chi connectivity index (χ3n) is 3.02. The van der Waals surface area contributed by atoms with Gasteiger partial charge in [-0.05, 0) is 24.1 Å². The molecule has 2 rings (SSSR count). The maximum atomic E-state index is 12.3. The zero-order valence-corrected chi connectivity index (χ0v) is 10.7. The van der Waals surface area contributed by atoms with E-state index >= 15 is 0 Å². The van der Waals surface area contributed by atoms with E-state index in [1.807, 2.05) is 18.2 Å². The molecule has 94 valence electrons. The van der Waals surface area contributed by atoms with Crippen molar-refractivity contribution < 1.29 is 4.79 Å². The summed E-state index contributed by atoms with van der Waals surface area (Å²) in [5, 5.41) is 9.20. The van der Waals surface area contributed by atoms with Gasteiger partial charge in [-0.1, -0.05) is 37.3 Å². The summed E-state index contributed by atoms with van der Waals surface area (Å²) in [5.41, 5.74) is 2.21. The number of hydrogen-bond acceptors (Lipinski definition) is 3. The van der Waals surface area contributed by atoms with Gasteiger partial charge in [0.15, 0.2) is 11.7 Å². The summed E-state index contributed by atoms with van der Waals surface area (Å²) in [4.78, 5) is 16.4. The van der Waals surface area contributed by atoms with Crippen molar-refractivity contribution in [1.82, 2.24) is 4.98 Å². The molecule has 0 aliphatic carbocycles. The third kappa shape index (κ3) is 2.86. The molecule has 0 bridgehead atoms. The molecule has 1 aromatic heterocycles. The standard InChI is InChI=1S/C16H14N2O/c1-2-12-6-8-13(9-7-12)16(19)14(11-17)15-5-3-4-10-18-15/h3-10,14H,2H2,1H3. The number of carbonyl (C=O) groups excluding carboxylic acids is 1. The van der Waals surface area contributed by atoms with Crippen molar-refractivity contribution in [2.45, 2.75) is 19.3 Å². The topological polar surface area (TPSA) is 53.8 Å². The number of ketones is 1. The van der Waals surface area contributed by atoms with Gasteiger partial charge < -0.3 is 0 Å². The highest BCUT2D eigenvalue weighted by molar-refractivity contribution is 6.02. The fraction of sp³-hybridized carbons (Fsp3) is 0.188. The number of nitrogens with zero attached hydrogens (tertiary/aromatic N) is 2. The molecule has 0 aliphatic rings. The zero-order valence-electron chi connectivity index (χ0n) is 10.7. The number of pyridine rings is 1. The van der Waals surface area contributed by atoms with Crippen LogP contribution in [-0.4, -0.2) is 10.8 Å². The molecule has 1 atom stereocenters. The summed E-state index contributed by atoms with van der Waals surface area (Å²) < 4.78 is 0. The van der Waals surface area contributed by atoms with Gasteiger partial charge in [-0.2, -0.15) is 5.26 Å². The Bertz CT molecular complexity index is 597. The second-order valence-corrected chi connectivity index (χ2v) is 4.23. The molecule has 0 saturated carbocycles. The molecule has 0 amide bonds. The maximum absolute atomic E-state index is 12.3. The lowest BCUT2D eigenvalue weighted by atomic mass is 9.94. The lowest BCUT2D eigenvalue weighted by Gasteiger charge is -2.08. The van der Waals surface area contributed by atoms with Crippen LogP contribution in [0.25, 0.3) is 0 Å². The number of benzene rings is 1. The monoisotopic (exact) mass is 250 g/mol. The van der Waals surface area contributed by atoms with Crippen molar-refractivity contribution in [1.29, 1.82) is 5.26 Å². The van der Waals surface area contributed by atoms with Crippen molar-refractivity contribution in [3.8, 4) is 6.07 Å². The van der Waals surface area contributed by atoms with E-state index in [1.54, 1.807) is 36.5 Å². The van der Waals surface area contributed by atoms with Crippen LogP contribution in [0.1, 0.15) is 34.5 Å². The highest BCUT2D eigenvalue weighted by Crippen LogP contribution is 2.18. The Morgan fingerprint density at radius 1 is 1.26 bits per heavy atom. The van der Waals surface area contributed by atoms with Gasteiger partial charge in [0.25, 0.3) is 0 Å². The van der Waals surface area contributed by atoms with E-state index in [1.165, 1.54) is 5.56 Å². The molecule has 0 fully saturated rings. The van der Waals surface area contributed by atoms with E-state index in [9.17, 15) is 10.1 Å². The molecule has 0 N–H and O–H groups in total. The zero-order chi connectivity index (χ0) is 13.7. The van der Waals surface area contributed by atoms with Crippen molar-refractivity contribution in [3.63, 3.8) is 0 Å². The number of Topliss-reactive ketones (excluding diaryl/α,β-unsaturated/α-hetero) is 1. The number of nitriles is 1. The summed E-state index contributed by atoms with van der Waals surface area (Å²) in [6.45, 7) is 2.06. The third-order valence-corrected chi connectivity index (χ3v) is 3.02. The summed E-state index contributed by atoms with van der Waals surface area (Å²) in [6.07, 6.45) is 2.52. The summed E-state index contributed by atoms with van der Waals surface area (Å²) in [7, 11) is 0. The normalized spacial score (nSPS) is 11.6. The number of rotatable bonds is 4. The van der Waals surface area contributed by atoms with Crippen molar-refractivity contribution >= 4 is 5.78 Å². The van der Waals surface area contributed by atoms with E-state index in [4.69, 9.17) is 0 Å². The van der Waals surface area contributed by atoms with Gasteiger partial charge in [0.05, 0.1) is 11.8 Å². The Labute approximate surface area is 112 Å². The SMILES string of the molecule is CCc1ccc(C(=O)C(C#N)c2ccccn2)cc1. The summed E-state index contributed by atoms with van der Waals surface area (Å²) in [5.74, 6) is -1.04. The Morgan fingerprint density at radius 3 is 2.53 bits per heavy atom. The van der Waals surface area contributed by atoms with Gasteiger partial charge in [0, 0.05) is 11.8 Å². The number of aryl methyl sites for hydroxylation is 1. The van der Waals surface area contributed by atoms with Gasteiger partial charge in [-0.15, -0.1) is 0 Å². The van der Waals surface area contributed by atoms with Gasteiger partial charge in [0.2, 0.25) is 0 Å². The molecule has 0 spiro atoms. The fourth-order valence-corrected chi connectivity index (χ4v) is 1.88. The fourth-order valence-electron chi connectivity index (χ4n) is 1.88. The lowest BCUT2D eigenvalue weighted by molar-refractivity contribution is 0.0977. The molecule has 1 aromatic carbocycles. The van der Waals surface area contributed by atoms with Gasteiger partial charge in [-0.25, -0.2) is 0 Å². The van der Waals surface area contributed by atoms with E-state index in [0.29, 0.717) is 11.3 Å².